The van der Waals surface area contributed by atoms with Crippen molar-refractivity contribution in [3.8, 4) is 0 Å². The summed E-state index contributed by atoms with van der Waals surface area (Å²) >= 11 is 0. The number of nitrogens with two attached hydrogens (primary N) is 1. The van der Waals surface area contributed by atoms with Gasteiger partial charge < -0.3 is 10.5 Å². The number of hydrogen-bond acceptors (Lipinski definition) is 3. The van der Waals surface area contributed by atoms with E-state index in [0.717, 1.165) is 25.5 Å². The lowest BCUT2D eigenvalue weighted by Crippen LogP contribution is -2.12. The van der Waals surface area contributed by atoms with Crippen molar-refractivity contribution in [1.29, 1.82) is 0 Å². The molecule has 1 unspecified atom stereocenters. The Hall–Kier alpha value is -0.570. The van der Waals surface area contributed by atoms with Gasteiger partial charge in [-0.2, -0.15) is 0 Å². The Kier molecular flexibility index (Phi) is 1.82. The van der Waals surface area contributed by atoms with Crippen LogP contribution in [0.1, 0.15) is 19.3 Å². The van der Waals surface area contributed by atoms with Gasteiger partial charge in [0.1, 0.15) is 6.61 Å². The van der Waals surface area contributed by atoms with Crippen LogP contribution in [0.5, 0.6) is 0 Å². The lowest BCUT2D eigenvalue weighted by molar-refractivity contribution is 0.304. The second-order valence-corrected chi connectivity index (χ2v) is 3.28. The molecule has 3 heteroatoms. The van der Waals surface area contributed by atoms with E-state index < -0.39 is 0 Å². The van der Waals surface area contributed by atoms with Gasteiger partial charge in [-0.05, 0) is 25.8 Å². The first kappa shape index (κ1) is 7.10. The van der Waals surface area contributed by atoms with Crippen molar-refractivity contribution < 1.29 is 4.74 Å². The summed E-state index contributed by atoms with van der Waals surface area (Å²) in [6.07, 6.45) is 3.51. The largest absolute Gasteiger partial charge is 0.478 e. The van der Waals surface area contributed by atoms with Crippen LogP contribution in [0.4, 0.5) is 0 Å². The van der Waals surface area contributed by atoms with E-state index in [1.165, 1.54) is 12.8 Å². The van der Waals surface area contributed by atoms with Gasteiger partial charge in [-0.15, -0.1) is 0 Å². The molecule has 11 heavy (non-hydrogen) atoms. The summed E-state index contributed by atoms with van der Waals surface area (Å²) in [4.78, 5) is 4.45. The molecule has 2 rings (SSSR count). The first-order valence-corrected chi connectivity index (χ1v) is 4.30. The maximum atomic E-state index is 5.44. The normalized spacial score (nSPS) is 29.9. The van der Waals surface area contributed by atoms with E-state index in [1.54, 1.807) is 0 Å². The third kappa shape index (κ3) is 1.53. The number of ether oxygens (including phenoxy) is 1. The van der Waals surface area contributed by atoms with Crippen molar-refractivity contribution in [3.63, 3.8) is 0 Å². The molecule has 0 aromatic heterocycles. The second-order valence-electron chi connectivity index (χ2n) is 3.28. The van der Waals surface area contributed by atoms with Crippen LogP contribution in [0.2, 0.25) is 0 Å². The molecule has 0 amide bonds. The number of aliphatic imine (C=N–C) groups is 1. The molecule has 1 atom stereocenters. The van der Waals surface area contributed by atoms with Gasteiger partial charge in [0.05, 0.1) is 6.04 Å². The molecule has 0 saturated heterocycles. The van der Waals surface area contributed by atoms with Gasteiger partial charge in [-0.1, -0.05) is 0 Å². The molecule has 1 saturated carbocycles. The number of rotatable bonds is 3. The van der Waals surface area contributed by atoms with Crippen molar-refractivity contribution in [1.82, 2.24) is 0 Å². The SMILES string of the molecule is NCCC1COC(C2CC2)=N1. The Labute approximate surface area is 66.6 Å². The third-order valence-corrected chi connectivity index (χ3v) is 2.16. The highest BCUT2D eigenvalue weighted by Gasteiger charge is 2.33. The smallest absolute Gasteiger partial charge is 0.186 e. The van der Waals surface area contributed by atoms with E-state index in [1.807, 2.05) is 0 Å². The molecular formula is C8H14N2O. The summed E-state index contributed by atoms with van der Waals surface area (Å²) in [5, 5.41) is 0. The maximum Gasteiger partial charge on any atom is 0.186 e. The molecule has 0 aromatic carbocycles. The summed E-state index contributed by atoms with van der Waals surface area (Å²) in [5.41, 5.74) is 5.42. The van der Waals surface area contributed by atoms with Gasteiger partial charge in [0, 0.05) is 5.92 Å². The summed E-state index contributed by atoms with van der Waals surface area (Å²) in [6, 6.07) is 0.357. The van der Waals surface area contributed by atoms with Crippen LogP contribution in [-0.4, -0.2) is 25.1 Å². The summed E-state index contributed by atoms with van der Waals surface area (Å²) in [7, 11) is 0. The van der Waals surface area contributed by atoms with E-state index in [0.29, 0.717) is 12.0 Å². The van der Waals surface area contributed by atoms with E-state index >= 15 is 0 Å². The van der Waals surface area contributed by atoms with Gasteiger partial charge in [0.25, 0.3) is 0 Å². The Bertz CT molecular complexity index is 175. The predicted molar refractivity (Wildman–Crippen MR) is 43.6 cm³/mol. The molecule has 1 fully saturated rings. The zero-order chi connectivity index (χ0) is 7.68. The number of hydrogen-bond donors (Lipinski definition) is 1. The van der Waals surface area contributed by atoms with Gasteiger partial charge in [0.15, 0.2) is 5.90 Å². The third-order valence-electron chi connectivity index (χ3n) is 2.16. The zero-order valence-electron chi connectivity index (χ0n) is 6.62. The van der Waals surface area contributed by atoms with Crippen LogP contribution in [0, 0.1) is 5.92 Å². The fourth-order valence-electron chi connectivity index (χ4n) is 1.33. The van der Waals surface area contributed by atoms with Gasteiger partial charge in [0.2, 0.25) is 0 Å². The lowest BCUT2D eigenvalue weighted by Gasteiger charge is -1.99. The Balaban J connectivity index is 1.87. The molecule has 3 nitrogen and oxygen atoms in total. The molecule has 1 aliphatic heterocycles. The molecule has 0 bridgehead atoms. The van der Waals surface area contributed by atoms with Crippen LogP contribution in [0.25, 0.3) is 0 Å². The minimum absolute atomic E-state index is 0.357. The minimum Gasteiger partial charge on any atom is -0.478 e. The highest BCUT2D eigenvalue weighted by molar-refractivity contribution is 5.82. The topological polar surface area (TPSA) is 47.6 Å². The lowest BCUT2D eigenvalue weighted by atomic mass is 10.2. The standard InChI is InChI=1S/C8H14N2O/c9-4-3-7-5-11-8(10-7)6-1-2-6/h6-7H,1-5,9H2. The average Bonchev–Trinajstić information content (AvgIpc) is 2.75. The molecule has 2 N–H and O–H groups in total. The Morgan fingerprint density at radius 1 is 1.55 bits per heavy atom. The van der Waals surface area contributed by atoms with E-state index in [-0.39, 0.29) is 0 Å². The van der Waals surface area contributed by atoms with Crippen molar-refractivity contribution in [2.45, 2.75) is 25.3 Å². The van der Waals surface area contributed by atoms with Gasteiger partial charge in [-0.3, -0.25) is 0 Å². The molecule has 0 radical (unpaired) electrons. The zero-order valence-corrected chi connectivity index (χ0v) is 6.62. The summed E-state index contributed by atoms with van der Waals surface area (Å²) in [5.74, 6) is 1.67. The molecule has 0 spiro atoms. The Morgan fingerprint density at radius 3 is 3.00 bits per heavy atom. The maximum absolute atomic E-state index is 5.44. The van der Waals surface area contributed by atoms with E-state index in [4.69, 9.17) is 10.5 Å². The minimum atomic E-state index is 0.357. The molecule has 1 heterocycles. The van der Waals surface area contributed by atoms with Crippen LogP contribution >= 0.6 is 0 Å². The second kappa shape index (κ2) is 2.81. The first-order valence-electron chi connectivity index (χ1n) is 4.30. The van der Waals surface area contributed by atoms with Gasteiger partial charge >= 0.3 is 0 Å². The molecule has 0 aromatic rings. The predicted octanol–water partition coefficient (Wildman–Crippen LogP) is 0.542. The molecule has 1 aliphatic carbocycles. The highest BCUT2D eigenvalue weighted by Crippen LogP contribution is 2.33. The molecular weight excluding hydrogens is 140 g/mol. The van der Waals surface area contributed by atoms with Crippen LogP contribution < -0.4 is 5.73 Å². The first-order chi connectivity index (χ1) is 5.40. The molecule has 2 aliphatic rings. The highest BCUT2D eigenvalue weighted by atomic mass is 16.5. The quantitative estimate of drug-likeness (QED) is 0.645. The number of nitrogens with zero attached hydrogens (tertiary/aromatic N) is 1. The fourth-order valence-corrected chi connectivity index (χ4v) is 1.33. The van der Waals surface area contributed by atoms with Gasteiger partial charge in [-0.25, -0.2) is 4.99 Å². The van der Waals surface area contributed by atoms with E-state index in [2.05, 4.69) is 4.99 Å². The van der Waals surface area contributed by atoms with Crippen LogP contribution in [0.15, 0.2) is 4.99 Å². The monoisotopic (exact) mass is 154 g/mol. The Morgan fingerprint density at radius 2 is 2.36 bits per heavy atom. The average molecular weight is 154 g/mol. The van der Waals surface area contributed by atoms with Crippen molar-refractivity contribution >= 4 is 5.90 Å². The summed E-state index contributed by atoms with van der Waals surface area (Å²) < 4.78 is 5.44. The van der Waals surface area contributed by atoms with Crippen molar-refractivity contribution in [3.05, 3.63) is 0 Å². The van der Waals surface area contributed by atoms with Crippen LogP contribution in [0.3, 0.4) is 0 Å². The van der Waals surface area contributed by atoms with E-state index in [9.17, 15) is 0 Å². The fraction of sp³-hybridized carbons (Fsp3) is 0.875. The molecule has 62 valence electrons. The van der Waals surface area contributed by atoms with Crippen molar-refractivity contribution in [2.75, 3.05) is 13.2 Å². The van der Waals surface area contributed by atoms with Crippen molar-refractivity contribution in [2.24, 2.45) is 16.6 Å². The summed E-state index contributed by atoms with van der Waals surface area (Å²) in [6.45, 7) is 1.48. The van der Waals surface area contributed by atoms with Crippen LogP contribution in [-0.2, 0) is 4.74 Å².